The molecule has 32 heavy (non-hydrogen) atoms. The number of hydrogen-bond acceptors (Lipinski definition) is 5. The monoisotopic (exact) mass is 477 g/mol. The van der Waals surface area contributed by atoms with Crippen molar-refractivity contribution in [2.75, 3.05) is 13.1 Å². The van der Waals surface area contributed by atoms with Gasteiger partial charge in [-0.25, -0.2) is 4.79 Å². The van der Waals surface area contributed by atoms with Crippen LogP contribution in [0.5, 0.6) is 0 Å². The average Bonchev–Trinajstić information content (AvgIpc) is 3.23. The van der Waals surface area contributed by atoms with Gasteiger partial charge in [-0.05, 0) is 29.7 Å². The number of allylic oxidation sites excluding steroid dienone is 2. The molecule has 8 nitrogen and oxygen atoms in total. The fourth-order valence-corrected chi connectivity index (χ4v) is 4.13. The minimum Gasteiger partial charge on any atom is -0.480 e. The third-order valence-corrected chi connectivity index (χ3v) is 5.73. The number of amides is 2. The van der Waals surface area contributed by atoms with Crippen LogP contribution >= 0.6 is 23.2 Å². The standard InChI is InChI=1S/C22H21Cl2N3O5/c1-2-3-4-12-7-17(32-11-12)21(29)27-6-5-14-13(10-27)8-15(23)18(19(14)24)20(28)26-16(9-25)22(30)31/h2-4,7-8,11,16H,1,5-6,9-10,25H2,(H,26,28)(H,30,31)/t16-/m0/s1. The number of carbonyl (C=O) groups is 3. The van der Waals surface area contributed by atoms with E-state index in [-0.39, 0.29) is 40.4 Å². The lowest BCUT2D eigenvalue weighted by Gasteiger charge is -2.30. The maximum Gasteiger partial charge on any atom is 0.327 e. The van der Waals surface area contributed by atoms with E-state index in [0.29, 0.717) is 24.1 Å². The van der Waals surface area contributed by atoms with Gasteiger partial charge in [0.2, 0.25) is 0 Å². The first kappa shape index (κ1) is 23.6. The molecule has 3 rings (SSSR count). The molecule has 0 saturated heterocycles. The summed E-state index contributed by atoms with van der Waals surface area (Å²) in [7, 11) is 0. The molecule has 168 valence electrons. The zero-order chi connectivity index (χ0) is 23.4. The highest BCUT2D eigenvalue weighted by Crippen LogP contribution is 2.35. The minimum absolute atomic E-state index is 0.0174. The van der Waals surface area contributed by atoms with Gasteiger partial charge in [0.15, 0.2) is 5.76 Å². The second kappa shape index (κ2) is 10.0. The van der Waals surface area contributed by atoms with E-state index < -0.39 is 17.9 Å². The summed E-state index contributed by atoms with van der Waals surface area (Å²) in [4.78, 5) is 38.2. The van der Waals surface area contributed by atoms with Crippen molar-refractivity contribution in [3.8, 4) is 0 Å². The van der Waals surface area contributed by atoms with Gasteiger partial charge in [-0.2, -0.15) is 0 Å². The second-order valence-corrected chi connectivity index (χ2v) is 7.89. The predicted octanol–water partition coefficient (Wildman–Crippen LogP) is 3.13. The molecule has 0 aliphatic carbocycles. The average molecular weight is 478 g/mol. The Balaban J connectivity index is 1.82. The molecule has 2 aromatic rings. The van der Waals surface area contributed by atoms with Crippen molar-refractivity contribution in [2.45, 2.75) is 19.0 Å². The van der Waals surface area contributed by atoms with Gasteiger partial charge in [0, 0.05) is 25.2 Å². The number of aliphatic carboxylic acids is 1. The number of benzene rings is 1. The molecule has 1 atom stereocenters. The zero-order valence-electron chi connectivity index (χ0n) is 16.9. The molecule has 0 unspecified atom stereocenters. The zero-order valence-corrected chi connectivity index (χ0v) is 18.4. The van der Waals surface area contributed by atoms with Gasteiger partial charge >= 0.3 is 5.97 Å². The minimum atomic E-state index is -1.27. The number of fused-ring (bicyclic) bond motifs is 1. The van der Waals surface area contributed by atoms with Crippen LogP contribution in [-0.4, -0.2) is 46.9 Å². The summed E-state index contributed by atoms with van der Waals surface area (Å²) in [5, 5.41) is 11.6. The molecule has 0 bridgehead atoms. The molecule has 1 aliphatic heterocycles. The lowest BCUT2D eigenvalue weighted by Crippen LogP contribution is -2.46. The Kier molecular flexibility index (Phi) is 7.40. The Bertz CT molecular complexity index is 1110. The highest BCUT2D eigenvalue weighted by atomic mass is 35.5. The maximum atomic E-state index is 12.9. The van der Waals surface area contributed by atoms with Crippen molar-refractivity contribution >= 4 is 47.1 Å². The summed E-state index contributed by atoms with van der Waals surface area (Å²) in [5.74, 6) is -2.07. The fraction of sp³-hybridized carbons (Fsp3) is 0.227. The van der Waals surface area contributed by atoms with Crippen molar-refractivity contribution in [3.63, 3.8) is 0 Å². The van der Waals surface area contributed by atoms with Crippen molar-refractivity contribution in [2.24, 2.45) is 5.73 Å². The summed E-state index contributed by atoms with van der Waals surface area (Å²) < 4.78 is 5.39. The van der Waals surface area contributed by atoms with Crippen LogP contribution in [0.1, 0.15) is 37.6 Å². The van der Waals surface area contributed by atoms with E-state index in [9.17, 15) is 14.4 Å². The van der Waals surface area contributed by atoms with E-state index in [1.165, 1.54) is 6.26 Å². The molecule has 4 N–H and O–H groups in total. The van der Waals surface area contributed by atoms with E-state index in [0.717, 1.165) is 5.56 Å². The molecule has 2 amide bonds. The van der Waals surface area contributed by atoms with E-state index in [1.807, 2.05) is 0 Å². The third kappa shape index (κ3) is 4.88. The number of furan rings is 1. The van der Waals surface area contributed by atoms with Crippen LogP contribution < -0.4 is 11.1 Å². The predicted molar refractivity (Wildman–Crippen MR) is 121 cm³/mol. The highest BCUT2D eigenvalue weighted by molar-refractivity contribution is 6.40. The molecule has 0 spiro atoms. The van der Waals surface area contributed by atoms with Crippen molar-refractivity contribution in [1.29, 1.82) is 0 Å². The number of rotatable bonds is 7. The topological polar surface area (TPSA) is 126 Å². The van der Waals surface area contributed by atoms with Gasteiger partial charge in [0.25, 0.3) is 11.8 Å². The van der Waals surface area contributed by atoms with Gasteiger partial charge in [-0.3, -0.25) is 9.59 Å². The van der Waals surface area contributed by atoms with Crippen LogP contribution in [0.4, 0.5) is 0 Å². The molecule has 1 aliphatic rings. The second-order valence-electron chi connectivity index (χ2n) is 7.10. The molecular weight excluding hydrogens is 457 g/mol. The van der Waals surface area contributed by atoms with Gasteiger partial charge in [-0.15, -0.1) is 0 Å². The molecular formula is C22H21Cl2N3O5. The van der Waals surface area contributed by atoms with Crippen LogP contribution in [0.3, 0.4) is 0 Å². The Morgan fingerprint density at radius 2 is 2.09 bits per heavy atom. The number of hydrogen-bond donors (Lipinski definition) is 3. The Labute approximate surface area is 194 Å². The Morgan fingerprint density at radius 1 is 1.34 bits per heavy atom. The molecule has 2 heterocycles. The van der Waals surface area contributed by atoms with Gasteiger partial charge < -0.3 is 25.5 Å². The third-order valence-electron chi connectivity index (χ3n) is 5.01. The normalized spacial score (nSPS) is 14.2. The highest BCUT2D eigenvalue weighted by Gasteiger charge is 2.30. The Hall–Kier alpha value is -3.07. The Morgan fingerprint density at radius 3 is 2.75 bits per heavy atom. The largest absolute Gasteiger partial charge is 0.480 e. The number of halogens is 2. The first-order valence-corrected chi connectivity index (χ1v) is 10.4. The molecule has 1 aromatic carbocycles. The van der Waals surface area contributed by atoms with Crippen LogP contribution in [0.15, 0.2) is 41.5 Å². The van der Waals surface area contributed by atoms with Gasteiger partial charge in [-0.1, -0.05) is 48.0 Å². The first-order chi connectivity index (χ1) is 15.3. The van der Waals surface area contributed by atoms with Crippen LogP contribution in [0.25, 0.3) is 6.08 Å². The van der Waals surface area contributed by atoms with Crippen molar-refractivity contribution in [3.05, 3.63) is 75.2 Å². The summed E-state index contributed by atoms with van der Waals surface area (Å²) in [5.41, 5.74) is 7.49. The summed E-state index contributed by atoms with van der Waals surface area (Å²) in [6, 6.07) is 1.94. The molecule has 0 fully saturated rings. The fourth-order valence-electron chi connectivity index (χ4n) is 3.37. The molecule has 0 saturated carbocycles. The van der Waals surface area contributed by atoms with E-state index in [2.05, 4.69) is 11.9 Å². The summed E-state index contributed by atoms with van der Waals surface area (Å²) >= 11 is 12.8. The molecule has 1 aromatic heterocycles. The smallest absolute Gasteiger partial charge is 0.327 e. The number of carbonyl (C=O) groups excluding carboxylic acids is 2. The molecule has 0 radical (unpaired) electrons. The van der Waals surface area contributed by atoms with Crippen LogP contribution in [0, 0.1) is 0 Å². The number of nitrogens with one attached hydrogen (secondary N) is 1. The van der Waals surface area contributed by atoms with Crippen LogP contribution in [0.2, 0.25) is 10.0 Å². The van der Waals surface area contributed by atoms with Crippen molar-refractivity contribution in [1.82, 2.24) is 10.2 Å². The lowest BCUT2D eigenvalue weighted by molar-refractivity contribution is -0.138. The first-order valence-electron chi connectivity index (χ1n) is 9.67. The van der Waals surface area contributed by atoms with Gasteiger partial charge in [0.05, 0.1) is 21.9 Å². The SMILES string of the molecule is C=CC=Cc1coc(C(=O)N2CCc3c(cc(Cl)c(C(=O)N[C@@H](CN)C(=O)O)c3Cl)C2)c1. The van der Waals surface area contributed by atoms with Gasteiger partial charge in [0.1, 0.15) is 6.04 Å². The van der Waals surface area contributed by atoms with E-state index in [4.69, 9.17) is 38.5 Å². The van der Waals surface area contributed by atoms with Crippen LogP contribution in [-0.2, 0) is 17.8 Å². The number of nitrogens with two attached hydrogens (primary N) is 1. The number of carboxylic acid groups (broad SMARTS) is 1. The van der Waals surface area contributed by atoms with E-state index in [1.54, 1.807) is 35.3 Å². The molecule has 10 heteroatoms. The number of carboxylic acids is 1. The maximum absolute atomic E-state index is 12.9. The number of nitrogens with zero attached hydrogens (tertiary/aromatic N) is 1. The van der Waals surface area contributed by atoms with Crippen molar-refractivity contribution < 1.29 is 23.9 Å². The van der Waals surface area contributed by atoms with E-state index >= 15 is 0 Å². The lowest BCUT2D eigenvalue weighted by atomic mass is 9.96. The summed E-state index contributed by atoms with van der Waals surface area (Å²) in [6.07, 6.45) is 7.00. The quantitative estimate of drug-likeness (QED) is 0.525. The summed E-state index contributed by atoms with van der Waals surface area (Å²) in [6.45, 7) is 3.90.